The van der Waals surface area contributed by atoms with Gasteiger partial charge in [0.1, 0.15) is 30.8 Å². The molecule has 5 atom stereocenters. The third-order valence-electron chi connectivity index (χ3n) is 13.7. The Hall–Kier alpha value is -6.73. The maximum absolute atomic E-state index is 14.8. The fourth-order valence-electron chi connectivity index (χ4n) is 9.62. The molecule has 8 amide bonds. The van der Waals surface area contributed by atoms with E-state index in [4.69, 9.17) is 9.47 Å². The van der Waals surface area contributed by atoms with E-state index in [9.17, 15) is 61.5 Å². The van der Waals surface area contributed by atoms with Crippen LogP contribution in [0, 0.1) is 17.3 Å². The maximum Gasteiger partial charge on any atom is 0.399 e. The number of halogens is 2. The number of hydrogen-bond donors (Lipinski definition) is 5. The summed E-state index contributed by atoms with van der Waals surface area (Å²) in [5.41, 5.74) is -4.85. The first-order valence-electron chi connectivity index (χ1n) is 24.8. The quantitative estimate of drug-likeness (QED) is 0.0430. The van der Waals surface area contributed by atoms with Crippen molar-refractivity contribution in [3.8, 4) is 11.8 Å². The number of nitrogens with one attached hydrogen (secondary N) is 3. The number of benzene rings is 3. The Morgan fingerprint density at radius 2 is 1.72 bits per heavy atom. The molecular formula is C53H57F2N6O13PS. The average molecular weight is 1090 g/mol. The van der Waals surface area contributed by atoms with Gasteiger partial charge in [0.15, 0.2) is 0 Å². The van der Waals surface area contributed by atoms with Crippen LogP contribution in [0.3, 0.4) is 0 Å². The highest BCUT2D eigenvalue weighted by molar-refractivity contribution is 7.52. The van der Waals surface area contributed by atoms with Crippen molar-refractivity contribution in [3.63, 3.8) is 0 Å². The number of amides is 8. The summed E-state index contributed by atoms with van der Waals surface area (Å²) in [7, 11) is -5.86. The summed E-state index contributed by atoms with van der Waals surface area (Å²) >= 11 is 0.932. The highest BCUT2D eigenvalue weighted by Crippen LogP contribution is 2.59. The zero-order valence-corrected chi connectivity index (χ0v) is 43.6. The summed E-state index contributed by atoms with van der Waals surface area (Å²) in [6.07, 6.45) is 1.31. The van der Waals surface area contributed by atoms with Crippen molar-refractivity contribution >= 4 is 76.3 Å². The topological polar surface area (TPSA) is 258 Å². The number of rotatable bonds is 16. The molecule has 0 aliphatic carbocycles. The van der Waals surface area contributed by atoms with E-state index in [-0.39, 0.29) is 79.4 Å². The zero-order valence-electron chi connectivity index (χ0n) is 41.8. The molecule has 3 aromatic carbocycles. The van der Waals surface area contributed by atoms with Gasteiger partial charge in [0, 0.05) is 54.7 Å². The number of carbonyl (C=O) groups is 8. The van der Waals surface area contributed by atoms with Crippen LogP contribution in [-0.2, 0) is 43.7 Å². The largest absolute Gasteiger partial charge is 0.399 e. The molecule has 4 aliphatic heterocycles. The lowest BCUT2D eigenvalue weighted by molar-refractivity contribution is -0.150. The number of nitrogens with zero attached hydrogens (tertiary/aromatic N) is 3. The molecule has 4 aromatic rings. The number of morpholine rings is 1. The fraction of sp³-hybridized carbons (Fsp3) is 0.434. The normalized spacial score (nSPS) is 20.5. The van der Waals surface area contributed by atoms with Crippen molar-refractivity contribution in [1.29, 1.82) is 0 Å². The Labute approximate surface area is 440 Å². The minimum absolute atomic E-state index is 0.00781. The molecule has 5 N–H and O–H groups in total. The molecule has 5 heterocycles. The molecule has 23 heteroatoms. The number of ether oxygens (including phenoxy) is 2. The van der Waals surface area contributed by atoms with Crippen LogP contribution < -0.4 is 16.0 Å². The Balaban J connectivity index is 0.872. The number of likely N-dealkylation sites (tertiary alicyclic amines) is 1. The van der Waals surface area contributed by atoms with E-state index in [1.54, 1.807) is 37.8 Å². The molecule has 19 nitrogen and oxygen atoms in total. The van der Waals surface area contributed by atoms with E-state index >= 15 is 0 Å². The van der Waals surface area contributed by atoms with E-state index in [2.05, 4.69) is 27.8 Å². The fourth-order valence-corrected chi connectivity index (χ4v) is 11.0. The van der Waals surface area contributed by atoms with Gasteiger partial charge < -0.3 is 39.7 Å². The second-order valence-electron chi connectivity index (χ2n) is 20.1. The van der Waals surface area contributed by atoms with Crippen molar-refractivity contribution in [1.82, 2.24) is 30.7 Å². The van der Waals surface area contributed by atoms with Gasteiger partial charge in [-0.1, -0.05) is 81.5 Å². The molecule has 402 valence electrons. The van der Waals surface area contributed by atoms with Crippen LogP contribution >= 0.6 is 18.9 Å². The van der Waals surface area contributed by atoms with Gasteiger partial charge in [0.05, 0.1) is 35.3 Å². The smallest absolute Gasteiger partial charge is 0.370 e. The summed E-state index contributed by atoms with van der Waals surface area (Å²) < 4.78 is 53.2. The molecule has 4 aliphatic rings. The van der Waals surface area contributed by atoms with Crippen molar-refractivity contribution in [2.75, 3.05) is 39.4 Å². The Morgan fingerprint density at radius 3 is 2.45 bits per heavy atom. The summed E-state index contributed by atoms with van der Waals surface area (Å²) in [4.78, 5) is 129. The van der Waals surface area contributed by atoms with Gasteiger partial charge in [-0.25, -0.2) is 0 Å². The number of thiophene rings is 1. The van der Waals surface area contributed by atoms with Crippen molar-refractivity contribution < 1.29 is 71.0 Å². The number of carbonyl (C=O) groups excluding carboxylic acids is 8. The van der Waals surface area contributed by atoms with E-state index in [1.807, 2.05) is 30.3 Å². The lowest BCUT2D eigenvalue weighted by Crippen LogP contribution is -2.58. The summed E-state index contributed by atoms with van der Waals surface area (Å²) in [5.74, 6) is 1.51. The van der Waals surface area contributed by atoms with Crippen LogP contribution in [0.2, 0.25) is 0 Å². The first-order chi connectivity index (χ1) is 36.0. The minimum atomic E-state index is -5.86. The lowest BCUT2D eigenvalue weighted by atomic mass is 9.85. The number of fused-ring (bicyclic) bond motifs is 2. The van der Waals surface area contributed by atoms with Crippen molar-refractivity contribution in [3.05, 3.63) is 105 Å². The number of hydrogen-bond acceptors (Lipinski definition) is 12. The lowest BCUT2D eigenvalue weighted by Gasteiger charge is -2.38. The monoisotopic (exact) mass is 1090 g/mol. The standard InChI is InChI=1S/C53H57F2N6O13PS/c1-52(2,3)45(58-47(65)41-26-33-25-34(18-20-40(33)76-41)53(54,55)75(70,71)72)51(69)60-28-35(27-38(60)49(67)59-23-24-73-39(29-59)31-13-9-7-10-14-31)74-30-43(63)56-22-11-6-4-5-8-15-32-16-12-17-36-44(32)50(68)61(48(36)66)37-19-21-42(62)57-46(37)64/h7,9-10,12-14,16-18,20,25-26,35,37-39,45H,4-6,11,19,21-24,27-30H2,1-3H3,(H,56,63)(H,58,65)(H,57,62,64)(H2,70,71,72)/t35-,37?,38-,39-,45+/m0/s1. The van der Waals surface area contributed by atoms with Crippen molar-refractivity contribution in [2.24, 2.45) is 5.41 Å². The van der Waals surface area contributed by atoms with E-state index in [1.165, 1.54) is 23.1 Å². The molecule has 0 bridgehead atoms. The molecule has 0 saturated carbocycles. The molecule has 0 spiro atoms. The summed E-state index contributed by atoms with van der Waals surface area (Å²) in [6.45, 7) is 5.74. The molecule has 3 fully saturated rings. The van der Waals surface area contributed by atoms with Crippen LogP contribution in [0.4, 0.5) is 8.78 Å². The average Bonchev–Trinajstić information content (AvgIpc) is 4.09. The third-order valence-corrected chi connectivity index (χ3v) is 15.8. The minimum Gasteiger partial charge on any atom is -0.370 e. The van der Waals surface area contributed by atoms with E-state index in [0.717, 1.165) is 33.9 Å². The van der Waals surface area contributed by atoms with Crippen LogP contribution in [0.15, 0.2) is 72.8 Å². The summed E-state index contributed by atoms with van der Waals surface area (Å²) in [5, 5.41) is 7.94. The molecule has 8 rings (SSSR count). The molecule has 76 heavy (non-hydrogen) atoms. The molecular weight excluding hydrogens is 1030 g/mol. The molecule has 1 aromatic heterocycles. The SMILES string of the molecule is CC(C)(C)[C@H](NC(=O)c1cc2cc(C(F)(F)P(=O)(O)O)ccc2s1)C(=O)N1C[C@@H](OCC(=O)NCCCCCC#Cc2cccc3c2C(=O)N(C2CCC(=O)NC2=O)C3=O)C[C@H]1C(=O)N1CCO[C@H](c2ccccc2)C1. The first kappa shape index (κ1) is 55.5. The number of imide groups is 2. The highest BCUT2D eigenvalue weighted by atomic mass is 32.1. The highest BCUT2D eigenvalue weighted by Gasteiger charge is 2.51. The van der Waals surface area contributed by atoms with Crippen LogP contribution in [-0.4, -0.2) is 135 Å². The molecule has 0 radical (unpaired) electrons. The van der Waals surface area contributed by atoms with Gasteiger partial charge in [-0.15, -0.1) is 11.3 Å². The van der Waals surface area contributed by atoms with Gasteiger partial charge in [-0.05, 0) is 66.0 Å². The Morgan fingerprint density at radius 1 is 0.961 bits per heavy atom. The van der Waals surface area contributed by atoms with Crippen LogP contribution in [0.5, 0.6) is 0 Å². The van der Waals surface area contributed by atoms with Gasteiger partial charge in [0.25, 0.3) is 17.7 Å². The summed E-state index contributed by atoms with van der Waals surface area (Å²) in [6, 6.07) is 15.1. The number of unbranched alkanes of at least 4 members (excludes halogenated alkanes) is 3. The number of piperidine rings is 1. The predicted molar refractivity (Wildman–Crippen MR) is 272 cm³/mol. The van der Waals surface area contributed by atoms with Crippen LogP contribution in [0.25, 0.3) is 10.1 Å². The third kappa shape index (κ3) is 12.1. The van der Waals surface area contributed by atoms with E-state index < -0.39 is 95.9 Å². The first-order valence-corrected chi connectivity index (χ1v) is 27.2. The second kappa shape index (κ2) is 22.9. The maximum atomic E-state index is 14.8. The van der Waals surface area contributed by atoms with Gasteiger partial charge in [-0.3, -0.25) is 53.1 Å². The van der Waals surface area contributed by atoms with Gasteiger partial charge in [-0.2, -0.15) is 8.78 Å². The van der Waals surface area contributed by atoms with Gasteiger partial charge in [0.2, 0.25) is 29.5 Å². The Bertz CT molecular complexity index is 3080. The molecule has 1 unspecified atom stereocenters. The zero-order chi connectivity index (χ0) is 54.7. The molecule has 3 saturated heterocycles. The number of alkyl halides is 2. The second-order valence-corrected chi connectivity index (χ2v) is 22.8. The van der Waals surface area contributed by atoms with Gasteiger partial charge >= 0.3 is 13.3 Å². The van der Waals surface area contributed by atoms with E-state index in [0.29, 0.717) is 42.5 Å². The van der Waals surface area contributed by atoms with Crippen molar-refractivity contribution in [2.45, 2.75) is 102 Å². The van der Waals surface area contributed by atoms with Crippen LogP contribution in [0.1, 0.15) is 119 Å². The Kier molecular flexibility index (Phi) is 16.7. The predicted octanol–water partition coefficient (Wildman–Crippen LogP) is 4.99.